The highest BCUT2D eigenvalue weighted by Crippen LogP contribution is 2.45. The highest BCUT2D eigenvalue weighted by atomic mass is 28.4. The minimum absolute atomic E-state index is 0.0663. The molecule has 3 heterocycles. The van der Waals surface area contributed by atoms with Gasteiger partial charge < -0.3 is 19.6 Å². The molecule has 204 valence electrons. The van der Waals surface area contributed by atoms with E-state index in [0.29, 0.717) is 6.42 Å². The van der Waals surface area contributed by atoms with Crippen LogP contribution in [0.25, 0.3) is 11.2 Å². The quantitative estimate of drug-likeness (QED) is 0.197. The molecule has 9 nitrogen and oxygen atoms in total. The zero-order valence-electron chi connectivity index (χ0n) is 23.0. The molecule has 1 fully saturated rings. The fourth-order valence-electron chi connectivity index (χ4n) is 4.38. The van der Waals surface area contributed by atoms with Crippen LogP contribution >= 0.6 is 0 Å². The van der Waals surface area contributed by atoms with E-state index in [9.17, 15) is 9.18 Å². The number of fused-ring (bicyclic) bond motifs is 1. The number of terminal acetylenes is 1. The molecule has 0 amide bonds. The Morgan fingerprint density at radius 3 is 2.57 bits per heavy atom. The number of nitrogen functional groups attached to an aromatic ring is 1. The Morgan fingerprint density at radius 2 is 2.00 bits per heavy atom. The Bertz CT molecular complexity index is 1150. The fourth-order valence-corrected chi connectivity index (χ4v) is 5.73. The van der Waals surface area contributed by atoms with Crippen molar-refractivity contribution < 1.29 is 23.1 Å². The summed E-state index contributed by atoms with van der Waals surface area (Å²) in [5.74, 6) is 2.21. The van der Waals surface area contributed by atoms with Gasteiger partial charge in [0, 0.05) is 6.42 Å². The van der Waals surface area contributed by atoms with E-state index in [0.717, 1.165) is 25.7 Å². The number of anilines is 1. The fraction of sp³-hybridized carbons (Fsp3) is 0.692. The number of imidazole rings is 1. The Hall–Kier alpha value is -2.55. The molecule has 2 N–H and O–H groups in total. The molecule has 0 radical (unpaired) electrons. The lowest BCUT2D eigenvalue weighted by molar-refractivity contribution is -0.161. The smallest absolute Gasteiger partial charge is 0.312 e. The molecular weight excluding hydrogens is 493 g/mol. The normalized spacial score (nSPS) is 22.5. The summed E-state index contributed by atoms with van der Waals surface area (Å²) in [6, 6.07) is 0. The summed E-state index contributed by atoms with van der Waals surface area (Å²) >= 11 is 0. The van der Waals surface area contributed by atoms with Gasteiger partial charge >= 0.3 is 12.0 Å². The highest BCUT2D eigenvalue weighted by molar-refractivity contribution is 6.74. The first-order valence-corrected chi connectivity index (χ1v) is 15.8. The second kappa shape index (κ2) is 11.1. The van der Waals surface area contributed by atoms with Gasteiger partial charge in [-0.3, -0.25) is 9.36 Å². The summed E-state index contributed by atoms with van der Waals surface area (Å²) in [6.45, 7) is 14.6. The van der Waals surface area contributed by atoms with Gasteiger partial charge in [0.25, 0.3) is 0 Å². The zero-order chi connectivity index (χ0) is 27.6. The molecule has 0 aromatic carbocycles. The van der Waals surface area contributed by atoms with Crippen molar-refractivity contribution in [3.63, 3.8) is 0 Å². The van der Waals surface area contributed by atoms with Crippen molar-refractivity contribution >= 4 is 31.3 Å². The second-order valence-corrected chi connectivity index (χ2v) is 16.0. The third-order valence-corrected chi connectivity index (χ3v) is 12.0. The van der Waals surface area contributed by atoms with Crippen LogP contribution in [0.4, 0.5) is 10.2 Å². The maximum atomic E-state index is 14.0. The lowest BCUT2D eigenvalue weighted by Crippen LogP contribution is -2.52. The first-order valence-electron chi connectivity index (χ1n) is 12.9. The number of esters is 1. The van der Waals surface area contributed by atoms with Gasteiger partial charge in [-0.15, -0.1) is 6.42 Å². The van der Waals surface area contributed by atoms with Crippen LogP contribution in [0.15, 0.2) is 6.33 Å². The molecule has 0 unspecified atom stereocenters. The summed E-state index contributed by atoms with van der Waals surface area (Å²) in [5.41, 5.74) is 4.96. The van der Waals surface area contributed by atoms with Gasteiger partial charge in [-0.05, 0) is 31.0 Å². The van der Waals surface area contributed by atoms with Crippen molar-refractivity contribution in [2.75, 3.05) is 12.3 Å². The van der Waals surface area contributed by atoms with Gasteiger partial charge in [0.2, 0.25) is 0 Å². The molecule has 3 rings (SSSR count). The molecular formula is C26H40FN5O4Si. The summed E-state index contributed by atoms with van der Waals surface area (Å²) < 4.78 is 34.6. The number of rotatable bonds is 10. The van der Waals surface area contributed by atoms with Crippen molar-refractivity contribution in [1.82, 2.24) is 19.5 Å². The van der Waals surface area contributed by atoms with Crippen LogP contribution in [0.5, 0.6) is 0 Å². The third kappa shape index (κ3) is 5.97. The van der Waals surface area contributed by atoms with E-state index in [1.165, 1.54) is 6.33 Å². The molecule has 0 spiro atoms. The Balaban J connectivity index is 1.96. The van der Waals surface area contributed by atoms with Gasteiger partial charge in [0.05, 0.1) is 18.3 Å². The van der Waals surface area contributed by atoms with Gasteiger partial charge in [-0.25, -0.2) is 4.98 Å². The predicted octanol–water partition coefficient (Wildman–Crippen LogP) is 4.99. The van der Waals surface area contributed by atoms with E-state index < -0.39 is 32.3 Å². The second-order valence-electron chi connectivity index (χ2n) is 11.3. The van der Waals surface area contributed by atoms with Crippen molar-refractivity contribution in [2.24, 2.45) is 5.92 Å². The molecule has 1 aliphatic heterocycles. The number of ether oxygens (including phenoxy) is 2. The van der Waals surface area contributed by atoms with Gasteiger partial charge in [0.15, 0.2) is 30.9 Å². The standard InChI is InChI=1S/C26H40FN5O4Si/c1-9-12-17(13-10-2)23(33)34-15-26(11-3)18(36-37(7,8)25(4,5)6)14-19(35-26)32-16-29-20-21(28)30-24(27)31-22(20)32/h3,16-19H,9-10,12-15H2,1-2,4-8H3,(H2,28,30,31)/t18-,19+,26+/m0/s1. The van der Waals surface area contributed by atoms with Gasteiger partial charge in [0.1, 0.15) is 12.8 Å². The van der Waals surface area contributed by atoms with Crippen molar-refractivity contribution in [3.05, 3.63) is 12.4 Å². The van der Waals surface area contributed by atoms with Crippen LogP contribution in [0.1, 0.15) is 73.0 Å². The van der Waals surface area contributed by atoms with Crippen LogP contribution in [0.3, 0.4) is 0 Å². The molecule has 0 bridgehead atoms. The Labute approximate surface area is 219 Å². The van der Waals surface area contributed by atoms with Crippen LogP contribution in [0, 0.1) is 24.3 Å². The number of aromatic nitrogens is 4. The molecule has 0 aliphatic carbocycles. The number of carbonyl (C=O) groups is 1. The number of hydrogen-bond acceptors (Lipinski definition) is 8. The summed E-state index contributed by atoms with van der Waals surface area (Å²) in [6.07, 6.45) is 8.91. The maximum absolute atomic E-state index is 14.0. The van der Waals surface area contributed by atoms with E-state index in [1.807, 2.05) is 13.8 Å². The molecule has 0 saturated carbocycles. The molecule has 37 heavy (non-hydrogen) atoms. The van der Waals surface area contributed by atoms with Gasteiger partial charge in [-0.2, -0.15) is 14.4 Å². The lowest BCUT2D eigenvalue weighted by atomic mass is 9.97. The molecule has 11 heteroatoms. The first-order chi connectivity index (χ1) is 17.3. The van der Waals surface area contributed by atoms with Crippen molar-refractivity contribution in [2.45, 2.75) is 103 Å². The number of nitrogens with zero attached hydrogens (tertiary/aromatic N) is 4. The largest absolute Gasteiger partial charge is 0.461 e. The Kier molecular flexibility index (Phi) is 8.66. The third-order valence-electron chi connectivity index (χ3n) is 7.54. The maximum Gasteiger partial charge on any atom is 0.312 e. The van der Waals surface area contributed by atoms with Crippen molar-refractivity contribution in [1.29, 1.82) is 0 Å². The van der Waals surface area contributed by atoms with Gasteiger partial charge in [-0.1, -0.05) is 53.4 Å². The number of hydrogen-bond donors (Lipinski definition) is 1. The zero-order valence-corrected chi connectivity index (χ0v) is 24.0. The monoisotopic (exact) mass is 533 g/mol. The summed E-state index contributed by atoms with van der Waals surface area (Å²) in [5, 5.41) is -0.0953. The number of carbonyl (C=O) groups excluding carboxylic acids is 1. The van der Waals surface area contributed by atoms with Crippen LogP contribution in [-0.4, -0.2) is 52.1 Å². The van der Waals surface area contributed by atoms with Crippen molar-refractivity contribution in [3.8, 4) is 12.3 Å². The molecule has 1 aliphatic rings. The minimum atomic E-state index is -2.31. The van der Waals surface area contributed by atoms with Crippen LogP contribution in [-0.2, 0) is 18.7 Å². The SMILES string of the molecule is C#C[C@]1(COC(=O)C(CCC)CCC)O[C@@H](n2cnc3c(N)nc(F)nc32)C[C@@H]1O[Si](C)(C)C(C)(C)C. The molecule has 1 saturated heterocycles. The average Bonchev–Trinajstić information content (AvgIpc) is 3.38. The highest BCUT2D eigenvalue weighted by Gasteiger charge is 2.54. The van der Waals surface area contributed by atoms with E-state index >= 15 is 0 Å². The van der Waals surface area contributed by atoms with Crippen LogP contribution in [0.2, 0.25) is 18.1 Å². The summed E-state index contributed by atoms with van der Waals surface area (Å²) in [7, 11) is -2.31. The van der Waals surface area contributed by atoms with E-state index in [2.05, 4.69) is 54.7 Å². The minimum Gasteiger partial charge on any atom is -0.461 e. The van der Waals surface area contributed by atoms with E-state index in [4.69, 9.17) is 26.1 Å². The Morgan fingerprint density at radius 1 is 1.35 bits per heavy atom. The van der Waals surface area contributed by atoms with E-state index in [-0.39, 0.29) is 40.5 Å². The molecule has 2 aromatic heterocycles. The first kappa shape index (κ1) is 29.0. The lowest BCUT2D eigenvalue weighted by Gasteiger charge is -2.41. The number of nitrogens with two attached hydrogens (primary N) is 1. The molecule has 2 aromatic rings. The topological polar surface area (TPSA) is 114 Å². The summed E-state index contributed by atoms with van der Waals surface area (Å²) in [4.78, 5) is 24.7. The average molecular weight is 534 g/mol. The molecule has 3 atom stereocenters. The predicted molar refractivity (Wildman–Crippen MR) is 142 cm³/mol. The van der Waals surface area contributed by atoms with Crippen LogP contribution < -0.4 is 5.73 Å². The number of halogens is 1. The van der Waals surface area contributed by atoms with E-state index in [1.54, 1.807) is 4.57 Å².